The van der Waals surface area contributed by atoms with Crippen LogP contribution in [0.25, 0.3) is 34.1 Å². The number of hydrogen-bond donors (Lipinski definition) is 2. The summed E-state index contributed by atoms with van der Waals surface area (Å²) in [5.74, 6) is 0. The number of rotatable bonds is 0. The molecule has 0 amide bonds. The molecule has 0 atom stereocenters. The Bertz CT molecular complexity index is 859. The van der Waals surface area contributed by atoms with Crippen molar-refractivity contribution in [2.24, 2.45) is 0 Å². The molecule has 2 nitrogen and oxygen atoms in total. The molecule has 2 N–H and O–H groups in total. The Morgan fingerprint density at radius 3 is 1.45 bits per heavy atom. The fourth-order valence-electron chi connectivity index (χ4n) is 2.78. The lowest BCUT2D eigenvalue weighted by molar-refractivity contribution is 0.540. The van der Waals surface area contributed by atoms with Crippen molar-refractivity contribution >= 4 is 34.1 Å². The first kappa shape index (κ1) is 12.5. The average molecular weight is 264 g/mol. The van der Waals surface area contributed by atoms with Crippen LogP contribution < -0.4 is 10.4 Å². The second kappa shape index (κ2) is 4.57. The van der Waals surface area contributed by atoms with Crippen molar-refractivity contribution in [3.8, 4) is 0 Å². The van der Waals surface area contributed by atoms with Crippen LogP contribution in [-0.4, -0.2) is 10.2 Å². The van der Waals surface area contributed by atoms with E-state index in [2.05, 4.69) is 12.1 Å². The van der Waals surface area contributed by atoms with Crippen molar-refractivity contribution in [3.05, 3.63) is 58.0 Å². The van der Waals surface area contributed by atoms with Gasteiger partial charge in [-0.1, -0.05) is 36.4 Å². The predicted molar refractivity (Wildman–Crippen MR) is 84.4 cm³/mol. The molecule has 3 aromatic rings. The molecule has 0 heterocycles. The van der Waals surface area contributed by atoms with Crippen molar-refractivity contribution in [1.29, 1.82) is 0 Å². The predicted octanol–water partition coefficient (Wildman–Crippen LogP) is 3.20. The summed E-state index contributed by atoms with van der Waals surface area (Å²) in [5.41, 5.74) is 2.33. The number of hydrogen-bond acceptors (Lipinski definition) is 2. The molecule has 0 radical (unpaired) electrons. The van der Waals surface area contributed by atoms with Crippen molar-refractivity contribution in [2.75, 3.05) is 0 Å². The first-order chi connectivity index (χ1) is 9.67. The Balaban J connectivity index is 2.78. The minimum Gasteiger partial charge on any atom is -0.515 e. The van der Waals surface area contributed by atoms with E-state index in [1.807, 2.05) is 38.1 Å². The lowest BCUT2D eigenvalue weighted by Gasteiger charge is -2.09. The van der Waals surface area contributed by atoms with Gasteiger partial charge in [0.2, 0.25) is 0 Å². The Kier molecular flexibility index (Phi) is 2.87. The standard InChI is InChI=1S/C18H16O2/c1-11-7-15-16(8-12(11)2)18(10-20)14-6-4-3-5-13(14)17(15)9-19/h3-10,19-20H,1-2H3. The van der Waals surface area contributed by atoms with E-state index >= 15 is 0 Å². The zero-order chi connectivity index (χ0) is 14.3. The molecule has 100 valence electrons. The second-order valence-electron chi connectivity index (χ2n) is 5.11. The van der Waals surface area contributed by atoms with E-state index < -0.39 is 0 Å². The maximum absolute atomic E-state index is 9.66. The first-order valence-corrected chi connectivity index (χ1v) is 6.58. The Morgan fingerprint density at radius 2 is 1.10 bits per heavy atom. The van der Waals surface area contributed by atoms with Gasteiger partial charge in [0.05, 0.1) is 12.5 Å². The van der Waals surface area contributed by atoms with E-state index in [1.54, 1.807) is 0 Å². The quantitative estimate of drug-likeness (QED) is 0.612. The van der Waals surface area contributed by atoms with Crippen LogP contribution in [0.3, 0.4) is 0 Å². The third kappa shape index (κ3) is 1.65. The van der Waals surface area contributed by atoms with Gasteiger partial charge in [-0.25, -0.2) is 0 Å². The maximum atomic E-state index is 9.66. The van der Waals surface area contributed by atoms with E-state index in [1.165, 1.54) is 11.1 Å². The summed E-state index contributed by atoms with van der Waals surface area (Å²) in [6.07, 6.45) is 2.31. The summed E-state index contributed by atoms with van der Waals surface area (Å²) in [4.78, 5) is 0. The zero-order valence-electron chi connectivity index (χ0n) is 11.5. The Morgan fingerprint density at radius 1 is 0.700 bits per heavy atom. The molecular weight excluding hydrogens is 248 g/mol. The Hall–Kier alpha value is -2.48. The van der Waals surface area contributed by atoms with Crippen LogP contribution in [0.1, 0.15) is 11.1 Å². The van der Waals surface area contributed by atoms with Crippen molar-refractivity contribution in [3.63, 3.8) is 0 Å². The van der Waals surface area contributed by atoms with Gasteiger partial charge >= 0.3 is 0 Å². The lowest BCUT2D eigenvalue weighted by Crippen LogP contribution is -2.15. The van der Waals surface area contributed by atoms with E-state index in [4.69, 9.17) is 0 Å². The van der Waals surface area contributed by atoms with Crippen LogP contribution >= 0.6 is 0 Å². The number of fused-ring (bicyclic) bond motifs is 2. The third-order valence-electron chi connectivity index (χ3n) is 3.98. The highest BCUT2D eigenvalue weighted by molar-refractivity contribution is 6.00. The summed E-state index contributed by atoms with van der Waals surface area (Å²) in [7, 11) is 0. The zero-order valence-corrected chi connectivity index (χ0v) is 11.5. The minimum atomic E-state index is 0.796. The van der Waals surface area contributed by atoms with Gasteiger partial charge in [0.1, 0.15) is 0 Å². The topological polar surface area (TPSA) is 40.5 Å². The van der Waals surface area contributed by atoms with Crippen LogP contribution in [0.4, 0.5) is 0 Å². The second-order valence-corrected chi connectivity index (χ2v) is 5.11. The number of benzene rings is 3. The molecule has 0 fully saturated rings. The number of aryl methyl sites for hydroxylation is 2. The molecule has 20 heavy (non-hydrogen) atoms. The van der Waals surface area contributed by atoms with Crippen LogP contribution in [0.15, 0.2) is 36.4 Å². The fourth-order valence-corrected chi connectivity index (χ4v) is 2.78. The molecule has 0 bridgehead atoms. The van der Waals surface area contributed by atoms with Crippen molar-refractivity contribution in [1.82, 2.24) is 0 Å². The van der Waals surface area contributed by atoms with E-state index in [0.29, 0.717) is 0 Å². The van der Waals surface area contributed by atoms with Crippen molar-refractivity contribution in [2.45, 2.75) is 13.8 Å². The lowest BCUT2D eigenvalue weighted by atomic mass is 9.95. The summed E-state index contributed by atoms with van der Waals surface area (Å²) in [5, 5.41) is 24.7. The molecule has 2 heteroatoms. The molecule has 0 aromatic heterocycles. The van der Waals surface area contributed by atoms with Crippen LogP contribution in [0.2, 0.25) is 0 Å². The van der Waals surface area contributed by atoms with Crippen LogP contribution in [0.5, 0.6) is 0 Å². The van der Waals surface area contributed by atoms with E-state index in [0.717, 1.165) is 44.5 Å². The van der Waals surface area contributed by atoms with E-state index in [-0.39, 0.29) is 0 Å². The normalized spacial score (nSPS) is 13.5. The third-order valence-corrected chi connectivity index (χ3v) is 3.98. The van der Waals surface area contributed by atoms with Gasteiger partial charge in [0.25, 0.3) is 0 Å². The molecule has 0 spiro atoms. The van der Waals surface area contributed by atoms with E-state index in [9.17, 15) is 10.2 Å². The highest BCUT2D eigenvalue weighted by Gasteiger charge is 2.07. The van der Waals surface area contributed by atoms with Gasteiger partial charge in [-0.2, -0.15) is 0 Å². The largest absolute Gasteiger partial charge is 0.515 e. The van der Waals surface area contributed by atoms with Crippen LogP contribution in [-0.2, 0) is 0 Å². The molecule has 0 saturated heterocycles. The SMILES string of the molecule is Cc1cc2c(=CO)c3ccccc3c(=CO)c2cc1C. The monoisotopic (exact) mass is 264 g/mol. The maximum Gasteiger partial charge on any atom is 0.0876 e. The number of aliphatic hydroxyl groups excluding tert-OH is 2. The molecular formula is C18H16O2. The van der Waals surface area contributed by atoms with Gasteiger partial charge in [0, 0.05) is 10.4 Å². The molecule has 0 unspecified atom stereocenters. The highest BCUT2D eigenvalue weighted by Crippen LogP contribution is 2.18. The summed E-state index contributed by atoms with van der Waals surface area (Å²) < 4.78 is 0. The Labute approximate surface area is 116 Å². The number of aliphatic hydroxyl groups is 2. The summed E-state index contributed by atoms with van der Waals surface area (Å²) in [6, 6.07) is 11.9. The van der Waals surface area contributed by atoms with Gasteiger partial charge in [0.15, 0.2) is 0 Å². The molecule has 0 aliphatic rings. The smallest absolute Gasteiger partial charge is 0.0876 e. The summed E-state index contributed by atoms with van der Waals surface area (Å²) >= 11 is 0. The van der Waals surface area contributed by atoms with Crippen molar-refractivity contribution < 1.29 is 10.2 Å². The van der Waals surface area contributed by atoms with Gasteiger partial charge in [-0.3, -0.25) is 0 Å². The van der Waals surface area contributed by atoms with Crippen LogP contribution in [0, 0.1) is 13.8 Å². The minimum absolute atomic E-state index is 0.796. The molecule has 3 aromatic carbocycles. The van der Waals surface area contributed by atoms with Gasteiger partial charge in [-0.15, -0.1) is 0 Å². The fraction of sp³-hybridized carbons (Fsp3) is 0.111. The van der Waals surface area contributed by atoms with Gasteiger partial charge in [-0.05, 0) is 46.5 Å². The molecule has 0 saturated carbocycles. The molecule has 0 aliphatic carbocycles. The average Bonchev–Trinajstić information content (AvgIpc) is 2.46. The van der Waals surface area contributed by atoms with Gasteiger partial charge < -0.3 is 10.2 Å². The molecule has 3 rings (SSSR count). The molecule has 0 aliphatic heterocycles. The first-order valence-electron chi connectivity index (χ1n) is 6.58. The summed E-state index contributed by atoms with van der Waals surface area (Å²) in [6.45, 7) is 4.10. The highest BCUT2D eigenvalue weighted by atomic mass is 16.2.